The summed E-state index contributed by atoms with van der Waals surface area (Å²) in [5, 5.41) is 9.88. The molecule has 2 aliphatic heterocycles. The number of amides is 1. The number of benzene rings is 2. The lowest BCUT2D eigenvalue weighted by Gasteiger charge is -2.40. The second-order valence-electron chi connectivity index (χ2n) is 10.8. The normalized spacial score (nSPS) is 20.7. The first-order valence-electron chi connectivity index (χ1n) is 13.3. The van der Waals surface area contributed by atoms with Crippen molar-refractivity contribution in [1.29, 1.82) is 0 Å². The van der Waals surface area contributed by atoms with Crippen molar-refractivity contribution in [2.45, 2.75) is 70.4 Å². The third-order valence-electron chi connectivity index (χ3n) is 7.77. The van der Waals surface area contributed by atoms with Crippen molar-refractivity contribution in [1.82, 2.24) is 20.0 Å². The molecule has 3 heterocycles. The van der Waals surface area contributed by atoms with Crippen molar-refractivity contribution >= 4 is 16.8 Å². The zero-order valence-corrected chi connectivity index (χ0v) is 21.8. The van der Waals surface area contributed by atoms with E-state index < -0.39 is 5.79 Å². The average Bonchev–Trinajstić information content (AvgIpc) is 3.43. The number of ether oxygens (including phenoxy) is 3. The Morgan fingerprint density at radius 2 is 1.95 bits per heavy atom. The Balaban J connectivity index is 1.32. The molecule has 2 aromatic carbocycles. The maximum absolute atomic E-state index is 14.1. The minimum Gasteiger partial charge on any atom is -0.493 e. The minimum absolute atomic E-state index is 0.0789. The van der Waals surface area contributed by atoms with Crippen LogP contribution < -0.4 is 14.2 Å². The second kappa shape index (κ2) is 9.49. The Morgan fingerprint density at radius 3 is 2.73 bits per heavy atom. The van der Waals surface area contributed by atoms with Crippen LogP contribution in [0.1, 0.15) is 62.0 Å². The van der Waals surface area contributed by atoms with Crippen LogP contribution in [0.5, 0.6) is 17.2 Å². The van der Waals surface area contributed by atoms with E-state index in [1.54, 1.807) is 19.2 Å². The number of carbonyl (C=O) groups excluding carboxylic acids is 1. The standard InChI is InChI=1S/C29H34N4O4/c1-29(2)36-26-16-20(15-25(35-3)27(26)37-29)28(34)32(18-23-11-7-13-33(23)22-9-6-10-22)17-21-14-19-8-4-5-12-24(19)31-30-21/h4-5,8,12,14-16,22-23H,6-7,9-11,13,17-18H2,1-3H3/t23-/m0/s1. The van der Waals surface area contributed by atoms with Crippen LogP contribution in [0.2, 0.25) is 0 Å². The number of nitrogens with zero attached hydrogens (tertiary/aromatic N) is 4. The molecule has 37 heavy (non-hydrogen) atoms. The molecule has 1 saturated heterocycles. The van der Waals surface area contributed by atoms with Gasteiger partial charge in [-0.25, -0.2) is 0 Å². The van der Waals surface area contributed by atoms with Crippen LogP contribution in [-0.2, 0) is 6.54 Å². The Hall–Kier alpha value is -3.39. The number of aromatic nitrogens is 2. The molecule has 1 aliphatic carbocycles. The summed E-state index contributed by atoms with van der Waals surface area (Å²) in [6, 6.07) is 14.5. The number of hydrogen-bond donors (Lipinski definition) is 0. The van der Waals surface area contributed by atoms with Crippen LogP contribution in [0.4, 0.5) is 0 Å². The van der Waals surface area contributed by atoms with Crippen LogP contribution in [0, 0.1) is 0 Å². The van der Waals surface area contributed by atoms with Gasteiger partial charge in [-0.3, -0.25) is 9.69 Å². The number of carbonyl (C=O) groups is 1. The molecule has 0 bridgehead atoms. The molecule has 0 radical (unpaired) electrons. The van der Waals surface area contributed by atoms with Gasteiger partial charge in [0.15, 0.2) is 11.5 Å². The van der Waals surface area contributed by atoms with E-state index in [0.29, 0.717) is 48.0 Å². The predicted octanol–water partition coefficient (Wildman–Crippen LogP) is 4.81. The molecule has 8 nitrogen and oxygen atoms in total. The highest BCUT2D eigenvalue weighted by atomic mass is 16.7. The third-order valence-corrected chi connectivity index (χ3v) is 7.77. The van der Waals surface area contributed by atoms with Crippen molar-refractivity contribution < 1.29 is 19.0 Å². The molecule has 1 aromatic heterocycles. The molecule has 194 valence electrons. The highest BCUT2D eigenvalue weighted by molar-refractivity contribution is 5.96. The number of likely N-dealkylation sites (tertiary alicyclic amines) is 1. The molecule has 6 rings (SSSR count). The Morgan fingerprint density at radius 1 is 1.11 bits per heavy atom. The second-order valence-corrected chi connectivity index (χ2v) is 10.8. The highest BCUT2D eigenvalue weighted by Gasteiger charge is 2.38. The molecule has 8 heteroatoms. The van der Waals surface area contributed by atoms with Crippen LogP contribution in [0.15, 0.2) is 42.5 Å². The molecule has 0 spiro atoms. The molecule has 1 saturated carbocycles. The lowest BCUT2D eigenvalue weighted by atomic mass is 9.91. The molecular weight excluding hydrogens is 468 g/mol. The summed E-state index contributed by atoms with van der Waals surface area (Å²) >= 11 is 0. The maximum Gasteiger partial charge on any atom is 0.254 e. The van der Waals surface area contributed by atoms with Crippen LogP contribution in [0.25, 0.3) is 10.9 Å². The van der Waals surface area contributed by atoms with Gasteiger partial charge < -0.3 is 19.1 Å². The first-order chi connectivity index (χ1) is 17.9. The first-order valence-corrected chi connectivity index (χ1v) is 13.3. The predicted molar refractivity (Wildman–Crippen MR) is 140 cm³/mol. The zero-order chi connectivity index (χ0) is 25.6. The van der Waals surface area contributed by atoms with Gasteiger partial charge in [-0.1, -0.05) is 24.6 Å². The summed E-state index contributed by atoms with van der Waals surface area (Å²) in [4.78, 5) is 18.6. The molecule has 0 unspecified atom stereocenters. The SMILES string of the molecule is COc1cc(C(=O)N(Cc2cc3ccccc3nn2)C[C@@H]2CCCN2C2CCC2)cc2c1OC(C)(C)O2. The summed E-state index contributed by atoms with van der Waals surface area (Å²) in [6.45, 7) is 5.82. The summed E-state index contributed by atoms with van der Waals surface area (Å²) in [5.41, 5.74) is 2.13. The fourth-order valence-corrected chi connectivity index (χ4v) is 5.77. The van der Waals surface area contributed by atoms with E-state index in [2.05, 4.69) is 15.1 Å². The van der Waals surface area contributed by atoms with Gasteiger partial charge >= 0.3 is 0 Å². The van der Waals surface area contributed by atoms with Crippen molar-refractivity contribution in [3.63, 3.8) is 0 Å². The molecule has 1 atom stereocenters. The summed E-state index contributed by atoms with van der Waals surface area (Å²) < 4.78 is 17.5. The van der Waals surface area contributed by atoms with Crippen molar-refractivity contribution in [3.8, 4) is 17.2 Å². The lowest BCUT2D eigenvalue weighted by Crippen LogP contribution is -2.48. The van der Waals surface area contributed by atoms with Gasteiger partial charge in [-0.05, 0) is 56.5 Å². The van der Waals surface area contributed by atoms with E-state index in [-0.39, 0.29) is 5.91 Å². The smallest absolute Gasteiger partial charge is 0.254 e. The van der Waals surface area contributed by atoms with Crippen molar-refractivity contribution in [2.75, 3.05) is 20.2 Å². The molecule has 2 fully saturated rings. The van der Waals surface area contributed by atoms with Gasteiger partial charge in [0, 0.05) is 43.4 Å². The van der Waals surface area contributed by atoms with E-state index in [4.69, 9.17) is 14.2 Å². The van der Waals surface area contributed by atoms with E-state index >= 15 is 0 Å². The fourth-order valence-electron chi connectivity index (χ4n) is 5.77. The van der Waals surface area contributed by atoms with Gasteiger partial charge in [0.2, 0.25) is 11.5 Å². The lowest BCUT2D eigenvalue weighted by molar-refractivity contribution is -0.0439. The Labute approximate surface area is 217 Å². The quantitative estimate of drug-likeness (QED) is 0.459. The van der Waals surface area contributed by atoms with Gasteiger partial charge in [-0.15, -0.1) is 0 Å². The van der Waals surface area contributed by atoms with Gasteiger partial charge in [0.1, 0.15) is 0 Å². The first kappa shape index (κ1) is 24.0. The van der Waals surface area contributed by atoms with E-state index in [9.17, 15) is 4.79 Å². The highest BCUT2D eigenvalue weighted by Crippen LogP contribution is 2.47. The minimum atomic E-state index is -0.815. The Bertz CT molecular complexity index is 1320. The summed E-state index contributed by atoms with van der Waals surface area (Å²) in [5.74, 6) is 0.654. The molecule has 0 N–H and O–H groups in total. The topological polar surface area (TPSA) is 77.0 Å². The fraction of sp³-hybridized carbons (Fsp3) is 0.483. The van der Waals surface area contributed by atoms with Crippen molar-refractivity contribution in [3.05, 3.63) is 53.7 Å². The van der Waals surface area contributed by atoms with Gasteiger partial charge in [0.05, 0.1) is 24.9 Å². The zero-order valence-electron chi connectivity index (χ0n) is 21.8. The number of fused-ring (bicyclic) bond motifs is 2. The third kappa shape index (κ3) is 4.70. The van der Waals surface area contributed by atoms with E-state index in [0.717, 1.165) is 29.6 Å². The number of methoxy groups -OCH3 is 1. The van der Waals surface area contributed by atoms with Gasteiger partial charge in [0.25, 0.3) is 5.91 Å². The van der Waals surface area contributed by atoms with Crippen LogP contribution >= 0.6 is 0 Å². The van der Waals surface area contributed by atoms with E-state index in [1.807, 2.05) is 49.1 Å². The molecule has 1 amide bonds. The van der Waals surface area contributed by atoms with Crippen LogP contribution in [-0.4, -0.2) is 64.0 Å². The Kier molecular flexibility index (Phi) is 6.15. The molecule has 3 aliphatic rings. The average molecular weight is 503 g/mol. The maximum atomic E-state index is 14.1. The number of rotatable bonds is 7. The summed E-state index contributed by atoms with van der Waals surface area (Å²) in [7, 11) is 1.58. The monoisotopic (exact) mass is 502 g/mol. The molecule has 3 aromatic rings. The molecular formula is C29H34N4O4. The van der Waals surface area contributed by atoms with Gasteiger partial charge in [-0.2, -0.15) is 10.2 Å². The van der Waals surface area contributed by atoms with Crippen molar-refractivity contribution in [2.24, 2.45) is 0 Å². The van der Waals surface area contributed by atoms with E-state index in [1.165, 1.54) is 25.7 Å². The van der Waals surface area contributed by atoms with Crippen LogP contribution in [0.3, 0.4) is 0 Å². The largest absolute Gasteiger partial charge is 0.493 e. The number of hydrogen-bond acceptors (Lipinski definition) is 7. The summed E-state index contributed by atoms with van der Waals surface area (Å²) in [6.07, 6.45) is 6.09.